The molecule has 0 saturated heterocycles. The molecule has 0 aliphatic carbocycles. The summed E-state index contributed by atoms with van der Waals surface area (Å²) in [6, 6.07) is 7.06. The van der Waals surface area contributed by atoms with E-state index in [1.165, 1.54) is 6.20 Å². The number of aromatic nitrogens is 2. The number of hydrogen-bond acceptors (Lipinski definition) is 5. The first-order chi connectivity index (χ1) is 10.5. The van der Waals surface area contributed by atoms with Gasteiger partial charge in [0.15, 0.2) is 0 Å². The van der Waals surface area contributed by atoms with E-state index in [1.54, 1.807) is 43.6 Å². The number of hydrogen-bond donors (Lipinski definition) is 2. The van der Waals surface area contributed by atoms with E-state index in [4.69, 9.17) is 10.5 Å². The topological polar surface area (TPSA) is 90.1 Å². The smallest absolute Gasteiger partial charge is 0.244 e. The van der Waals surface area contributed by atoms with Crippen LogP contribution in [0.2, 0.25) is 0 Å². The van der Waals surface area contributed by atoms with Crippen LogP contribution in [-0.4, -0.2) is 21.4 Å². The summed E-state index contributed by atoms with van der Waals surface area (Å²) < 4.78 is 5.58. The number of ether oxygens (including phenoxy) is 1. The average Bonchev–Trinajstić information content (AvgIpc) is 2.48. The zero-order chi connectivity index (χ0) is 16.0. The minimum atomic E-state index is -0.892. The lowest BCUT2D eigenvalue weighted by atomic mass is 9.96. The van der Waals surface area contributed by atoms with Gasteiger partial charge in [0, 0.05) is 24.1 Å². The van der Waals surface area contributed by atoms with Crippen molar-refractivity contribution < 1.29 is 9.53 Å². The molecule has 0 bridgehead atoms. The Labute approximate surface area is 141 Å². The highest BCUT2D eigenvalue weighted by Crippen LogP contribution is 2.23. The van der Waals surface area contributed by atoms with Crippen molar-refractivity contribution in [3.63, 3.8) is 0 Å². The molecule has 2 aromatic rings. The number of nitrogens with zero attached hydrogens (tertiary/aromatic N) is 2. The molecule has 0 aliphatic heterocycles. The molecule has 7 heteroatoms. The third-order valence-electron chi connectivity index (χ3n) is 3.14. The Kier molecular flexibility index (Phi) is 6.93. The van der Waals surface area contributed by atoms with Crippen LogP contribution >= 0.6 is 12.4 Å². The van der Waals surface area contributed by atoms with E-state index in [9.17, 15) is 4.79 Å². The summed E-state index contributed by atoms with van der Waals surface area (Å²) in [5.41, 5.74) is 5.75. The highest BCUT2D eigenvalue weighted by atomic mass is 35.5. The summed E-state index contributed by atoms with van der Waals surface area (Å²) in [5, 5.41) is 2.81. The maximum absolute atomic E-state index is 12.2. The van der Waals surface area contributed by atoms with Crippen molar-refractivity contribution in [3.05, 3.63) is 42.9 Å². The van der Waals surface area contributed by atoms with Crippen molar-refractivity contribution in [1.82, 2.24) is 9.97 Å². The molecule has 0 saturated carbocycles. The van der Waals surface area contributed by atoms with Gasteiger partial charge in [-0.2, -0.15) is 0 Å². The molecule has 23 heavy (non-hydrogen) atoms. The molecule has 1 aromatic heterocycles. The molecule has 0 spiro atoms. The third-order valence-corrected chi connectivity index (χ3v) is 3.14. The monoisotopic (exact) mass is 336 g/mol. The summed E-state index contributed by atoms with van der Waals surface area (Å²) in [4.78, 5) is 20.2. The lowest BCUT2D eigenvalue weighted by Crippen LogP contribution is -2.48. The molecule has 124 valence electrons. The molecule has 0 radical (unpaired) electrons. The van der Waals surface area contributed by atoms with E-state index in [0.717, 1.165) is 6.42 Å². The van der Waals surface area contributed by atoms with Gasteiger partial charge in [-0.05, 0) is 25.5 Å². The summed E-state index contributed by atoms with van der Waals surface area (Å²) in [6.07, 6.45) is 6.10. The first-order valence-corrected chi connectivity index (χ1v) is 7.15. The number of carbonyl (C=O) groups excluding carboxylic acids is 1. The number of nitrogens with one attached hydrogen (secondary N) is 1. The quantitative estimate of drug-likeness (QED) is 0.845. The lowest BCUT2D eigenvalue weighted by molar-refractivity contribution is -0.120. The number of anilines is 1. The van der Waals surface area contributed by atoms with Crippen molar-refractivity contribution >= 4 is 24.0 Å². The third kappa shape index (κ3) is 5.50. The number of benzene rings is 1. The second-order valence-electron chi connectivity index (χ2n) is 5.30. The first-order valence-electron chi connectivity index (χ1n) is 7.15. The van der Waals surface area contributed by atoms with Crippen molar-refractivity contribution in [3.8, 4) is 11.6 Å². The van der Waals surface area contributed by atoms with Gasteiger partial charge < -0.3 is 15.8 Å². The molecule has 0 fully saturated rings. The predicted molar refractivity (Wildman–Crippen MR) is 91.9 cm³/mol. The minimum Gasteiger partial charge on any atom is -0.437 e. The molecule has 1 aromatic carbocycles. The number of carbonyl (C=O) groups is 1. The number of halogens is 1. The van der Waals surface area contributed by atoms with E-state index >= 15 is 0 Å². The van der Waals surface area contributed by atoms with Crippen LogP contribution in [0, 0.1) is 0 Å². The van der Waals surface area contributed by atoms with Crippen molar-refractivity contribution in [2.24, 2.45) is 5.73 Å². The number of nitrogens with two attached hydrogens (primary N) is 1. The molecule has 1 atom stereocenters. The Morgan fingerprint density at radius 3 is 2.83 bits per heavy atom. The van der Waals surface area contributed by atoms with Gasteiger partial charge in [0.05, 0.1) is 11.7 Å². The van der Waals surface area contributed by atoms with Crippen LogP contribution in [0.25, 0.3) is 0 Å². The molecular formula is C16H21ClN4O2. The maximum atomic E-state index is 12.2. The zero-order valence-electron chi connectivity index (χ0n) is 13.2. The molecule has 0 aliphatic rings. The Balaban J connectivity index is 0.00000264. The van der Waals surface area contributed by atoms with Gasteiger partial charge in [-0.3, -0.25) is 9.78 Å². The Morgan fingerprint density at radius 1 is 1.39 bits per heavy atom. The molecule has 2 rings (SSSR count). The standard InChI is InChI=1S/C16H20N4O2.ClH/c1-3-7-16(2,17)15(21)20-12-5-4-6-13(10-12)22-14-11-18-8-9-19-14;/h4-6,8-11H,3,7,17H2,1-2H3,(H,20,21);1H. The van der Waals surface area contributed by atoms with Gasteiger partial charge in [0.1, 0.15) is 5.75 Å². The summed E-state index contributed by atoms with van der Waals surface area (Å²) in [5.74, 6) is 0.735. The van der Waals surface area contributed by atoms with Crippen LogP contribution in [0.3, 0.4) is 0 Å². The van der Waals surface area contributed by atoms with Crippen LogP contribution in [0.5, 0.6) is 11.6 Å². The summed E-state index contributed by atoms with van der Waals surface area (Å²) >= 11 is 0. The Bertz CT molecular complexity index is 635. The Morgan fingerprint density at radius 2 is 2.17 bits per heavy atom. The predicted octanol–water partition coefficient (Wildman–Crippen LogP) is 3.15. The van der Waals surface area contributed by atoms with Crippen LogP contribution in [-0.2, 0) is 4.79 Å². The van der Waals surface area contributed by atoms with E-state index in [1.807, 2.05) is 6.92 Å². The van der Waals surface area contributed by atoms with Gasteiger partial charge in [0.2, 0.25) is 11.8 Å². The minimum absolute atomic E-state index is 0. The molecule has 3 N–H and O–H groups in total. The van der Waals surface area contributed by atoms with Crippen molar-refractivity contribution in [2.75, 3.05) is 5.32 Å². The normalized spacial score (nSPS) is 12.7. The number of rotatable bonds is 6. The van der Waals surface area contributed by atoms with Crippen molar-refractivity contribution in [2.45, 2.75) is 32.2 Å². The van der Waals surface area contributed by atoms with E-state index in [2.05, 4.69) is 15.3 Å². The van der Waals surface area contributed by atoms with E-state index < -0.39 is 5.54 Å². The summed E-state index contributed by atoms with van der Waals surface area (Å²) in [6.45, 7) is 3.72. The average molecular weight is 337 g/mol. The lowest BCUT2D eigenvalue weighted by Gasteiger charge is -2.22. The highest BCUT2D eigenvalue weighted by molar-refractivity contribution is 5.97. The van der Waals surface area contributed by atoms with Crippen LogP contribution in [0.15, 0.2) is 42.9 Å². The molecule has 1 heterocycles. The van der Waals surface area contributed by atoms with Crippen LogP contribution in [0.4, 0.5) is 5.69 Å². The van der Waals surface area contributed by atoms with Crippen molar-refractivity contribution in [1.29, 1.82) is 0 Å². The fourth-order valence-corrected chi connectivity index (χ4v) is 2.00. The molecule has 1 unspecified atom stereocenters. The van der Waals surface area contributed by atoms with Gasteiger partial charge in [0.25, 0.3) is 0 Å². The largest absolute Gasteiger partial charge is 0.437 e. The molecule has 6 nitrogen and oxygen atoms in total. The number of amides is 1. The zero-order valence-corrected chi connectivity index (χ0v) is 14.0. The van der Waals surface area contributed by atoms with Crippen LogP contribution < -0.4 is 15.8 Å². The van der Waals surface area contributed by atoms with Gasteiger partial charge in [-0.1, -0.05) is 19.4 Å². The summed E-state index contributed by atoms with van der Waals surface area (Å²) in [7, 11) is 0. The second kappa shape index (κ2) is 8.45. The molecular weight excluding hydrogens is 316 g/mol. The van der Waals surface area contributed by atoms with Gasteiger partial charge in [-0.25, -0.2) is 4.98 Å². The SMILES string of the molecule is CCCC(C)(N)C(=O)Nc1cccc(Oc2cnccn2)c1.Cl. The Hall–Kier alpha value is -2.18. The van der Waals surface area contributed by atoms with Crippen LogP contribution in [0.1, 0.15) is 26.7 Å². The van der Waals surface area contributed by atoms with Gasteiger partial charge in [-0.15, -0.1) is 12.4 Å². The second-order valence-corrected chi connectivity index (χ2v) is 5.30. The maximum Gasteiger partial charge on any atom is 0.244 e. The van der Waals surface area contributed by atoms with E-state index in [0.29, 0.717) is 23.7 Å². The molecule has 1 amide bonds. The first kappa shape index (κ1) is 18.9. The highest BCUT2D eigenvalue weighted by Gasteiger charge is 2.27. The fourth-order valence-electron chi connectivity index (χ4n) is 2.00. The van der Waals surface area contributed by atoms with Gasteiger partial charge >= 0.3 is 0 Å². The fraction of sp³-hybridized carbons (Fsp3) is 0.312. The van der Waals surface area contributed by atoms with E-state index in [-0.39, 0.29) is 18.3 Å².